The lowest BCUT2D eigenvalue weighted by Gasteiger charge is -2.34. The van der Waals surface area contributed by atoms with Crippen molar-refractivity contribution in [2.24, 2.45) is 0 Å². The molecule has 1 aliphatic carbocycles. The molecule has 0 aliphatic heterocycles. The number of amides is 1. The molecule has 0 aromatic rings. The Bertz CT molecular complexity index is 202. The molecule has 1 amide bonds. The molecule has 16 heavy (non-hydrogen) atoms. The normalized spacial score (nSPS) is 17.4. The first kappa shape index (κ1) is 14.0. The van der Waals surface area contributed by atoms with Crippen LogP contribution in [-0.2, 0) is 4.79 Å². The van der Waals surface area contributed by atoms with Crippen LogP contribution in [0.1, 0.15) is 58.3 Å². The summed E-state index contributed by atoms with van der Waals surface area (Å²) in [5.74, 6) is 0.369. The number of halogens is 1. The molecule has 0 aromatic heterocycles. The maximum Gasteiger partial charge on any atom is 0.222 e. The molecule has 94 valence electrons. The molecule has 1 aliphatic rings. The van der Waals surface area contributed by atoms with E-state index in [4.69, 9.17) is 0 Å². The van der Waals surface area contributed by atoms with E-state index in [-0.39, 0.29) is 0 Å². The predicted octanol–water partition coefficient (Wildman–Crippen LogP) is 3.73. The first-order chi connectivity index (χ1) is 7.79. The lowest BCUT2D eigenvalue weighted by molar-refractivity contribution is -0.134. The Morgan fingerprint density at radius 3 is 2.56 bits per heavy atom. The number of alkyl halides is 1. The highest BCUT2D eigenvalue weighted by Crippen LogP contribution is 2.23. The van der Waals surface area contributed by atoms with Crippen molar-refractivity contribution in [1.82, 2.24) is 4.90 Å². The van der Waals surface area contributed by atoms with Gasteiger partial charge in [-0.25, -0.2) is 0 Å². The minimum atomic E-state index is 0.369. The molecule has 0 bridgehead atoms. The lowest BCUT2D eigenvalue weighted by atomic mass is 9.94. The summed E-state index contributed by atoms with van der Waals surface area (Å²) >= 11 is 3.46. The largest absolute Gasteiger partial charge is 0.339 e. The highest BCUT2D eigenvalue weighted by Gasteiger charge is 2.24. The van der Waals surface area contributed by atoms with Crippen LogP contribution >= 0.6 is 15.9 Å². The molecule has 0 N–H and O–H groups in total. The maximum atomic E-state index is 12.1. The van der Waals surface area contributed by atoms with Gasteiger partial charge < -0.3 is 4.90 Å². The Hall–Kier alpha value is -0.0500. The Balaban J connectivity index is 2.47. The molecule has 1 saturated carbocycles. The van der Waals surface area contributed by atoms with Gasteiger partial charge in [0.1, 0.15) is 0 Å². The zero-order valence-electron chi connectivity index (χ0n) is 10.4. The summed E-state index contributed by atoms with van der Waals surface area (Å²) in [6, 6.07) is 0.524. The molecule has 0 heterocycles. The minimum absolute atomic E-state index is 0.369. The van der Waals surface area contributed by atoms with Crippen LogP contribution in [-0.4, -0.2) is 28.7 Å². The fourth-order valence-corrected chi connectivity index (χ4v) is 2.85. The van der Waals surface area contributed by atoms with E-state index >= 15 is 0 Å². The third-order valence-electron chi connectivity index (χ3n) is 3.41. The second-order valence-corrected chi connectivity index (χ2v) is 5.46. The lowest BCUT2D eigenvalue weighted by Crippen LogP contribution is -2.42. The van der Waals surface area contributed by atoms with Crippen molar-refractivity contribution in [2.75, 3.05) is 11.9 Å². The third-order valence-corrected chi connectivity index (χ3v) is 3.76. The van der Waals surface area contributed by atoms with Crippen molar-refractivity contribution < 1.29 is 4.79 Å². The van der Waals surface area contributed by atoms with Gasteiger partial charge in [-0.05, 0) is 19.3 Å². The van der Waals surface area contributed by atoms with E-state index in [0.717, 1.165) is 31.1 Å². The van der Waals surface area contributed by atoms with Crippen LogP contribution in [0.3, 0.4) is 0 Å². The zero-order chi connectivity index (χ0) is 11.8. The fourth-order valence-electron chi connectivity index (χ4n) is 2.47. The van der Waals surface area contributed by atoms with Crippen molar-refractivity contribution in [3.63, 3.8) is 0 Å². The number of unbranched alkanes of at least 4 members (excludes halogenated alkanes) is 1. The summed E-state index contributed by atoms with van der Waals surface area (Å²) < 4.78 is 0. The summed E-state index contributed by atoms with van der Waals surface area (Å²) in [4.78, 5) is 14.2. The second-order valence-electron chi connectivity index (χ2n) is 4.67. The molecular formula is C13H24BrNO. The maximum absolute atomic E-state index is 12.1. The van der Waals surface area contributed by atoms with Crippen LogP contribution in [0, 0.1) is 0 Å². The SMILES string of the molecule is CCCCC(=O)N(CCBr)C1CCCCC1. The van der Waals surface area contributed by atoms with E-state index in [9.17, 15) is 4.79 Å². The van der Waals surface area contributed by atoms with Gasteiger partial charge in [0.15, 0.2) is 0 Å². The molecule has 0 saturated heterocycles. The first-order valence-corrected chi connectivity index (χ1v) is 7.77. The van der Waals surface area contributed by atoms with Crippen molar-refractivity contribution in [1.29, 1.82) is 0 Å². The molecule has 1 fully saturated rings. The van der Waals surface area contributed by atoms with E-state index in [0.29, 0.717) is 11.9 Å². The molecule has 1 rings (SSSR count). The molecule has 0 radical (unpaired) electrons. The fraction of sp³-hybridized carbons (Fsp3) is 0.923. The van der Waals surface area contributed by atoms with Crippen LogP contribution in [0.2, 0.25) is 0 Å². The van der Waals surface area contributed by atoms with E-state index in [1.807, 2.05) is 0 Å². The summed E-state index contributed by atoms with van der Waals surface area (Å²) in [5.41, 5.74) is 0. The Kier molecular flexibility index (Phi) is 7.10. The predicted molar refractivity (Wildman–Crippen MR) is 71.9 cm³/mol. The summed E-state index contributed by atoms with van der Waals surface area (Å²) in [5, 5.41) is 0.904. The van der Waals surface area contributed by atoms with Crippen LogP contribution in [0.4, 0.5) is 0 Å². The Morgan fingerprint density at radius 1 is 1.31 bits per heavy atom. The van der Waals surface area contributed by atoms with Crippen molar-refractivity contribution >= 4 is 21.8 Å². The van der Waals surface area contributed by atoms with Crippen molar-refractivity contribution in [3.8, 4) is 0 Å². The smallest absolute Gasteiger partial charge is 0.222 e. The molecule has 0 atom stereocenters. The van der Waals surface area contributed by atoms with Crippen LogP contribution in [0.5, 0.6) is 0 Å². The van der Waals surface area contributed by atoms with Gasteiger partial charge in [-0.2, -0.15) is 0 Å². The average Bonchev–Trinajstić information content (AvgIpc) is 2.34. The molecule has 0 spiro atoms. The molecule has 2 nitrogen and oxygen atoms in total. The monoisotopic (exact) mass is 289 g/mol. The highest BCUT2D eigenvalue weighted by atomic mass is 79.9. The standard InChI is InChI=1S/C13H24BrNO/c1-2-3-9-13(16)15(11-10-14)12-7-5-4-6-8-12/h12H,2-11H2,1H3. The number of carbonyl (C=O) groups is 1. The van der Waals surface area contributed by atoms with Gasteiger partial charge in [0.05, 0.1) is 0 Å². The Labute approximate surface area is 108 Å². The van der Waals surface area contributed by atoms with E-state index in [1.165, 1.54) is 32.1 Å². The molecular weight excluding hydrogens is 266 g/mol. The number of nitrogens with zero attached hydrogens (tertiary/aromatic N) is 1. The van der Waals surface area contributed by atoms with E-state index < -0.39 is 0 Å². The van der Waals surface area contributed by atoms with Crippen molar-refractivity contribution in [2.45, 2.75) is 64.3 Å². The molecule has 0 aromatic carbocycles. The number of carbonyl (C=O) groups excluding carboxylic acids is 1. The van der Waals surface area contributed by atoms with E-state index in [2.05, 4.69) is 27.8 Å². The number of hydrogen-bond donors (Lipinski definition) is 0. The van der Waals surface area contributed by atoms with Gasteiger partial charge in [0, 0.05) is 24.3 Å². The summed E-state index contributed by atoms with van der Waals surface area (Å²) in [7, 11) is 0. The quantitative estimate of drug-likeness (QED) is 0.682. The average molecular weight is 290 g/mol. The first-order valence-electron chi connectivity index (χ1n) is 6.65. The van der Waals surface area contributed by atoms with Crippen LogP contribution < -0.4 is 0 Å². The molecule has 0 unspecified atom stereocenters. The topological polar surface area (TPSA) is 20.3 Å². The number of rotatable bonds is 6. The second kappa shape index (κ2) is 8.10. The summed E-state index contributed by atoms with van der Waals surface area (Å²) in [6.45, 7) is 3.02. The van der Waals surface area contributed by atoms with Gasteiger partial charge in [-0.3, -0.25) is 4.79 Å². The highest BCUT2D eigenvalue weighted by molar-refractivity contribution is 9.09. The van der Waals surface area contributed by atoms with Crippen LogP contribution in [0.25, 0.3) is 0 Å². The van der Waals surface area contributed by atoms with Gasteiger partial charge in [0.25, 0.3) is 0 Å². The third kappa shape index (κ3) is 4.44. The Morgan fingerprint density at radius 2 is 2.00 bits per heavy atom. The molecule has 3 heteroatoms. The van der Waals surface area contributed by atoms with Gasteiger partial charge in [0.2, 0.25) is 5.91 Å². The van der Waals surface area contributed by atoms with Crippen LogP contribution in [0.15, 0.2) is 0 Å². The van der Waals surface area contributed by atoms with Gasteiger partial charge in [-0.1, -0.05) is 48.5 Å². The van der Waals surface area contributed by atoms with E-state index in [1.54, 1.807) is 0 Å². The van der Waals surface area contributed by atoms with Gasteiger partial charge in [-0.15, -0.1) is 0 Å². The number of hydrogen-bond acceptors (Lipinski definition) is 1. The van der Waals surface area contributed by atoms with Gasteiger partial charge >= 0.3 is 0 Å². The minimum Gasteiger partial charge on any atom is -0.339 e. The zero-order valence-corrected chi connectivity index (χ0v) is 12.0. The van der Waals surface area contributed by atoms with Crippen molar-refractivity contribution in [3.05, 3.63) is 0 Å². The summed E-state index contributed by atoms with van der Waals surface area (Å²) in [6.07, 6.45) is 9.25.